The molecule has 4 rings (SSSR count). The number of aryl methyl sites for hydroxylation is 1. The van der Waals surface area contributed by atoms with Crippen LogP contribution in [-0.4, -0.2) is 74.8 Å². The fourth-order valence-corrected chi connectivity index (χ4v) is 5.79. The van der Waals surface area contributed by atoms with E-state index in [9.17, 15) is 14.4 Å². The minimum absolute atomic E-state index is 0.168. The molecule has 2 aromatic rings. The molecule has 2 saturated heterocycles. The van der Waals surface area contributed by atoms with Crippen LogP contribution in [-0.2, 0) is 9.53 Å². The van der Waals surface area contributed by atoms with Gasteiger partial charge in [-0.15, -0.1) is 0 Å². The van der Waals surface area contributed by atoms with Gasteiger partial charge in [0.15, 0.2) is 0 Å². The summed E-state index contributed by atoms with van der Waals surface area (Å²) in [5, 5.41) is 0. The first kappa shape index (κ1) is 27.1. The molecule has 2 amide bonds. The molecular weight excluding hydrogens is 510 g/mol. The van der Waals surface area contributed by atoms with Gasteiger partial charge in [0.1, 0.15) is 15.8 Å². The van der Waals surface area contributed by atoms with E-state index in [-0.39, 0.29) is 17.6 Å². The molecule has 0 aromatic carbocycles. The Bertz CT molecular complexity index is 1280. The second-order valence-corrected chi connectivity index (χ2v) is 10.8. The van der Waals surface area contributed by atoms with Crippen molar-refractivity contribution in [2.24, 2.45) is 0 Å². The number of carbonyl (C=O) groups excluding carboxylic acids is 2. The Balaban J connectivity index is 1.68. The summed E-state index contributed by atoms with van der Waals surface area (Å²) in [7, 11) is 0. The van der Waals surface area contributed by atoms with Crippen molar-refractivity contribution >= 4 is 57.8 Å². The smallest absolute Gasteiger partial charge is 0.409 e. The highest BCUT2D eigenvalue weighted by atomic mass is 32.2. The number of hydrogen-bond acceptors (Lipinski definition) is 8. The maximum Gasteiger partial charge on any atom is 0.409 e. The zero-order chi connectivity index (χ0) is 26.5. The third-order valence-electron chi connectivity index (χ3n) is 6.55. The molecule has 9 nitrogen and oxygen atoms in total. The van der Waals surface area contributed by atoms with Crippen LogP contribution in [0, 0.1) is 6.92 Å². The molecule has 2 aliphatic heterocycles. The fourth-order valence-electron chi connectivity index (χ4n) is 4.50. The number of piperazine rings is 1. The molecule has 37 heavy (non-hydrogen) atoms. The monoisotopic (exact) mass is 543 g/mol. The third kappa shape index (κ3) is 5.82. The Morgan fingerprint density at radius 3 is 2.62 bits per heavy atom. The molecule has 0 saturated carbocycles. The van der Waals surface area contributed by atoms with Crippen molar-refractivity contribution in [2.45, 2.75) is 46.5 Å². The van der Waals surface area contributed by atoms with E-state index in [0.29, 0.717) is 65.6 Å². The van der Waals surface area contributed by atoms with Crippen LogP contribution in [0.3, 0.4) is 0 Å². The summed E-state index contributed by atoms with van der Waals surface area (Å²) in [6.07, 6.45) is 7.17. The highest BCUT2D eigenvalue weighted by Gasteiger charge is 2.33. The van der Waals surface area contributed by atoms with Gasteiger partial charge in [-0.2, -0.15) is 0 Å². The van der Waals surface area contributed by atoms with Crippen LogP contribution in [0.1, 0.15) is 50.7 Å². The van der Waals surface area contributed by atoms with E-state index in [2.05, 4.69) is 6.92 Å². The average molecular weight is 544 g/mol. The summed E-state index contributed by atoms with van der Waals surface area (Å²) >= 11 is 6.73. The largest absolute Gasteiger partial charge is 0.450 e. The number of hydrogen-bond donors (Lipinski definition) is 0. The zero-order valence-electron chi connectivity index (χ0n) is 21.6. The van der Waals surface area contributed by atoms with Gasteiger partial charge >= 0.3 is 6.09 Å². The standard InChI is InChI=1S/C26H33N5O4S2/c1-4-6-7-8-11-31-24(33)20(37-26(31)36)17-19-22(27-21-18(3)10-9-12-30(21)23(19)32)28-13-15-29(16-14-28)25(34)35-5-2/h9-10,12,17H,4-8,11,13-16H2,1-3H3. The van der Waals surface area contributed by atoms with E-state index in [4.69, 9.17) is 21.9 Å². The minimum atomic E-state index is -0.340. The van der Waals surface area contributed by atoms with Gasteiger partial charge in [0.2, 0.25) is 0 Å². The van der Waals surface area contributed by atoms with Crippen molar-refractivity contribution in [1.82, 2.24) is 19.2 Å². The van der Waals surface area contributed by atoms with E-state index in [0.717, 1.165) is 31.2 Å². The number of amides is 2. The number of carbonyl (C=O) groups is 2. The molecule has 198 valence electrons. The molecule has 0 unspecified atom stereocenters. The summed E-state index contributed by atoms with van der Waals surface area (Å²) < 4.78 is 7.17. The van der Waals surface area contributed by atoms with Crippen LogP contribution < -0.4 is 10.5 Å². The highest BCUT2D eigenvalue weighted by Crippen LogP contribution is 2.34. The molecular formula is C26H33N5O4S2. The first-order valence-corrected chi connectivity index (χ1v) is 14.0. The Labute approximate surface area is 226 Å². The van der Waals surface area contributed by atoms with E-state index < -0.39 is 0 Å². The number of fused-ring (bicyclic) bond motifs is 1. The van der Waals surface area contributed by atoms with E-state index in [1.165, 1.54) is 16.2 Å². The number of thioether (sulfide) groups is 1. The third-order valence-corrected chi connectivity index (χ3v) is 7.93. The lowest BCUT2D eigenvalue weighted by atomic mass is 10.2. The minimum Gasteiger partial charge on any atom is -0.450 e. The van der Waals surface area contributed by atoms with Crippen LogP contribution in [0.15, 0.2) is 28.0 Å². The summed E-state index contributed by atoms with van der Waals surface area (Å²) in [4.78, 5) is 49.7. The van der Waals surface area contributed by atoms with Crippen LogP contribution in [0.25, 0.3) is 11.7 Å². The quantitative estimate of drug-likeness (QED) is 0.280. The van der Waals surface area contributed by atoms with Crippen molar-refractivity contribution < 1.29 is 14.3 Å². The first-order valence-electron chi connectivity index (χ1n) is 12.8. The number of rotatable bonds is 8. The van der Waals surface area contributed by atoms with Crippen LogP contribution in [0.4, 0.5) is 10.6 Å². The topological polar surface area (TPSA) is 87.5 Å². The number of thiocarbonyl (C=S) groups is 1. The number of nitrogens with zero attached hydrogens (tertiary/aromatic N) is 5. The average Bonchev–Trinajstić information content (AvgIpc) is 3.16. The van der Waals surface area contributed by atoms with Crippen molar-refractivity contribution in [3.63, 3.8) is 0 Å². The Morgan fingerprint density at radius 1 is 1.16 bits per heavy atom. The molecule has 0 radical (unpaired) electrons. The lowest BCUT2D eigenvalue weighted by Gasteiger charge is -2.35. The van der Waals surface area contributed by atoms with Gasteiger partial charge in [0, 0.05) is 38.9 Å². The van der Waals surface area contributed by atoms with Gasteiger partial charge in [0.05, 0.1) is 17.1 Å². The predicted molar refractivity (Wildman–Crippen MR) is 151 cm³/mol. The summed E-state index contributed by atoms with van der Waals surface area (Å²) in [5.74, 6) is 0.342. The highest BCUT2D eigenvalue weighted by molar-refractivity contribution is 8.26. The number of ether oxygens (including phenoxy) is 1. The van der Waals surface area contributed by atoms with Crippen LogP contribution in [0.5, 0.6) is 0 Å². The Kier molecular flexibility index (Phi) is 8.86. The maximum absolute atomic E-state index is 13.7. The zero-order valence-corrected chi connectivity index (χ0v) is 23.2. The normalized spacial score (nSPS) is 17.4. The molecule has 4 heterocycles. The number of aromatic nitrogens is 2. The summed E-state index contributed by atoms with van der Waals surface area (Å²) in [6, 6.07) is 3.72. The lowest BCUT2D eigenvalue weighted by molar-refractivity contribution is -0.122. The molecule has 0 atom stereocenters. The lowest BCUT2D eigenvalue weighted by Crippen LogP contribution is -2.49. The molecule has 0 aliphatic carbocycles. The van der Waals surface area contributed by atoms with Crippen molar-refractivity contribution in [2.75, 3.05) is 44.2 Å². The van der Waals surface area contributed by atoms with Crippen molar-refractivity contribution in [3.05, 3.63) is 44.7 Å². The second kappa shape index (κ2) is 12.1. The molecule has 0 N–H and O–H groups in total. The second-order valence-electron chi connectivity index (χ2n) is 9.11. The predicted octanol–water partition coefficient (Wildman–Crippen LogP) is 4.06. The SMILES string of the molecule is CCCCCCN1C(=O)C(=Cc2c(N3CCN(C(=O)OCC)CC3)nc3c(C)cccn3c2=O)SC1=S. The van der Waals surface area contributed by atoms with E-state index in [1.54, 1.807) is 29.0 Å². The van der Waals surface area contributed by atoms with Crippen molar-refractivity contribution in [3.8, 4) is 0 Å². The molecule has 2 aliphatic rings. The van der Waals surface area contributed by atoms with E-state index >= 15 is 0 Å². The first-order chi connectivity index (χ1) is 17.8. The molecule has 0 bridgehead atoms. The van der Waals surface area contributed by atoms with Crippen LogP contribution >= 0.6 is 24.0 Å². The fraction of sp³-hybridized carbons (Fsp3) is 0.500. The number of unbranched alkanes of at least 4 members (excludes halogenated alkanes) is 3. The van der Waals surface area contributed by atoms with Gasteiger partial charge in [-0.1, -0.05) is 56.2 Å². The van der Waals surface area contributed by atoms with Crippen molar-refractivity contribution in [1.29, 1.82) is 0 Å². The number of pyridine rings is 1. The van der Waals surface area contributed by atoms with Gasteiger partial charge in [-0.3, -0.25) is 18.9 Å². The Hall–Kier alpha value is -2.92. The van der Waals surface area contributed by atoms with Gasteiger partial charge < -0.3 is 14.5 Å². The maximum atomic E-state index is 13.7. The summed E-state index contributed by atoms with van der Waals surface area (Å²) in [6.45, 7) is 8.63. The molecule has 11 heteroatoms. The number of anilines is 1. The van der Waals surface area contributed by atoms with Gasteiger partial charge in [-0.25, -0.2) is 9.78 Å². The Morgan fingerprint density at radius 2 is 1.92 bits per heavy atom. The van der Waals surface area contributed by atoms with Gasteiger partial charge in [0.25, 0.3) is 11.5 Å². The van der Waals surface area contributed by atoms with Gasteiger partial charge in [-0.05, 0) is 38.0 Å². The summed E-state index contributed by atoms with van der Waals surface area (Å²) in [5.41, 5.74) is 1.54. The molecule has 0 spiro atoms. The van der Waals surface area contributed by atoms with E-state index in [1.807, 2.05) is 24.0 Å². The van der Waals surface area contributed by atoms with Crippen LogP contribution in [0.2, 0.25) is 0 Å². The molecule has 2 aromatic heterocycles. The molecule has 2 fully saturated rings.